The van der Waals surface area contributed by atoms with Crippen molar-refractivity contribution in [3.05, 3.63) is 36.4 Å². The standard InChI is InChI=1S/C6H5.K.H3O3P/c1-2-4-6-5-3-1;;1-4(2)3/h1-5H;;1-3H/q-1;+1;. The van der Waals surface area contributed by atoms with Crippen molar-refractivity contribution in [1.29, 1.82) is 0 Å². The fourth-order valence-corrected chi connectivity index (χ4v) is 0.342. The van der Waals surface area contributed by atoms with E-state index in [1.54, 1.807) is 0 Å². The molecule has 1 aromatic rings. The van der Waals surface area contributed by atoms with Crippen molar-refractivity contribution in [2.75, 3.05) is 0 Å². The molecule has 0 atom stereocenters. The second kappa shape index (κ2) is 11.2. The summed E-state index contributed by atoms with van der Waals surface area (Å²) < 4.78 is 0. The van der Waals surface area contributed by atoms with Crippen molar-refractivity contribution < 1.29 is 66.1 Å². The van der Waals surface area contributed by atoms with E-state index in [4.69, 9.17) is 14.7 Å². The van der Waals surface area contributed by atoms with E-state index in [-0.39, 0.29) is 51.4 Å². The zero-order valence-electron chi connectivity index (χ0n) is 6.18. The fraction of sp³-hybridized carbons (Fsp3) is 0. The van der Waals surface area contributed by atoms with Crippen LogP contribution in [0.3, 0.4) is 0 Å². The van der Waals surface area contributed by atoms with Gasteiger partial charge < -0.3 is 14.7 Å². The third kappa shape index (κ3) is 18.3. The average molecular weight is 198 g/mol. The SMILES string of the molecule is OP(O)O.[K+].[c-]1ccccc1. The summed E-state index contributed by atoms with van der Waals surface area (Å²) in [5.74, 6) is 0. The first-order chi connectivity index (χ1) is 4.73. The van der Waals surface area contributed by atoms with Crippen molar-refractivity contribution in [3.8, 4) is 0 Å². The molecule has 0 unspecified atom stereocenters. The van der Waals surface area contributed by atoms with E-state index >= 15 is 0 Å². The molecule has 0 fully saturated rings. The van der Waals surface area contributed by atoms with Gasteiger partial charge in [0.2, 0.25) is 0 Å². The van der Waals surface area contributed by atoms with Gasteiger partial charge in [0.05, 0.1) is 0 Å². The van der Waals surface area contributed by atoms with Crippen molar-refractivity contribution in [2.45, 2.75) is 0 Å². The summed E-state index contributed by atoms with van der Waals surface area (Å²) in [6.07, 6.45) is 0. The van der Waals surface area contributed by atoms with Crippen LogP contribution in [0.4, 0.5) is 0 Å². The smallest absolute Gasteiger partial charge is 0.328 e. The van der Waals surface area contributed by atoms with Gasteiger partial charge in [0.25, 0.3) is 0 Å². The first-order valence-corrected chi connectivity index (χ1v) is 3.71. The Hall–Kier alpha value is 1.17. The van der Waals surface area contributed by atoms with Crippen LogP contribution in [0.1, 0.15) is 0 Å². The monoisotopic (exact) mass is 198 g/mol. The molecule has 0 saturated carbocycles. The summed E-state index contributed by atoms with van der Waals surface area (Å²) in [4.78, 5) is 21.7. The average Bonchev–Trinajstić information content (AvgIpc) is 1.90. The maximum atomic E-state index is 7.23. The number of benzene rings is 1. The molecule has 0 saturated heterocycles. The summed E-state index contributed by atoms with van der Waals surface area (Å²) in [6.45, 7) is 0. The molecule has 0 aliphatic heterocycles. The van der Waals surface area contributed by atoms with Crippen molar-refractivity contribution in [2.24, 2.45) is 0 Å². The Labute approximate surface area is 110 Å². The largest absolute Gasteiger partial charge is 1.00 e. The van der Waals surface area contributed by atoms with Crippen LogP contribution in [0.5, 0.6) is 0 Å². The molecule has 0 radical (unpaired) electrons. The van der Waals surface area contributed by atoms with Crippen LogP contribution >= 0.6 is 8.60 Å². The molecule has 1 aromatic carbocycles. The van der Waals surface area contributed by atoms with Crippen LogP contribution in [0, 0.1) is 6.07 Å². The minimum Gasteiger partial charge on any atom is -0.328 e. The molecule has 0 heterocycles. The van der Waals surface area contributed by atoms with Gasteiger partial charge in [-0.2, -0.15) is 36.4 Å². The van der Waals surface area contributed by atoms with Crippen molar-refractivity contribution >= 4 is 8.60 Å². The molecule has 0 aliphatic rings. The summed E-state index contributed by atoms with van der Waals surface area (Å²) in [7, 11) is -2.62. The van der Waals surface area contributed by atoms with E-state index in [1.165, 1.54) is 0 Å². The summed E-state index contributed by atoms with van der Waals surface area (Å²) in [5, 5.41) is 0. The number of hydrogen-bond donors (Lipinski definition) is 3. The third-order valence-electron chi connectivity index (χ3n) is 0.607. The molecule has 56 valence electrons. The van der Waals surface area contributed by atoms with Gasteiger partial charge in [0.1, 0.15) is 0 Å². The maximum absolute atomic E-state index is 7.23. The van der Waals surface area contributed by atoms with E-state index in [0.717, 1.165) is 0 Å². The van der Waals surface area contributed by atoms with Gasteiger partial charge in [-0.15, -0.1) is 0 Å². The van der Waals surface area contributed by atoms with Gasteiger partial charge in [-0.3, -0.25) is 0 Å². The number of rotatable bonds is 0. The second-order valence-corrected chi connectivity index (χ2v) is 1.88. The van der Waals surface area contributed by atoms with Crippen LogP contribution in [0.2, 0.25) is 0 Å². The van der Waals surface area contributed by atoms with Gasteiger partial charge in [-0.25, -0.2) is 0 Å². The topological polar surface area (TPSA) is 60.7 Å². The summed E-state index contributed by atoms with van der Waals surface area (Å²) in [6, 6.07) is 12.5. The Kier molecular flexibility index (Phi) is 14.9. The zero-order chi connectivity index (χ0) is 7.82. The Bertz CT molecular complexity index is 118. The van der Waals surface area contributed by atoms with Gasteiger partial charge in [0.15, 0.2) is 0 Å². The van der Waals surface area contributed by atoms with Crippen LogP contribution in [0.15, 0.2) is 30.3 Å². The van der Waals surface area contributed by atoms with Crippen LogP contribution in [-0.2, 0) is 0 Å². The molecule has 11 heavy (non-hydrogen) atoms. The first-order valence-electron chi connectivity index (χ1n) is 2.51. The van der Waals surface area contributed by atoms with E-state index < -0.39 is 8.60 Å². The van der Waals surface area contributed by atoms with Gasteiger partial charge in [-0.05, 0) is 0 Å². The van der Waals surface area contributed by atoms with Gasteiger partial charge in [0, 0.05) is 0 Å². The molecular formula is C6H8KO3P. The van der Waals surface area contributed by atoms with E-state index in [0.29, 0.717) is 0 Å². The van der Waals surface area contributed by atoms with Crippen LogP contribution in [-0.4, -0.2) is 14.7 Å². The first kappa shape index (κ1) is 14.7. The van der Waals surface area contributed by atoms with Crippen LogP contribution in [0.25, 0.3) is 0 Å². The van der Waals surface area contributed by atoms with Crippen molar-refractivity contribution in [1.82, 2.24) is 0 Å². The van der Waals surface area contributed by atoms with Gasteiger partial charge in [-0.1, -0.05) is 0 Å². The van der Waals surface area contributed by atoms with E-state index in [1.807, 2.05) is 30.3 Å². The van der Waals surface area contributed by atoms with Gasteiger partial charge >= 0.3 is 60.0 Å². The Morgan fingerprint density at radius 2 is 1.27 bits per heavy atom. The fourth-order valence-electron chi connectivity index (χ4n) is 0.342. The molecule has 0 bridgehead atoms. The molecule has 3 nitrogen and oxygen atoms in total. The van der Waals surface area contributed by atoms with Crippen molar-refractivity contribution in [3.63, 3.8) is 0 Å². The molecule has 1 rings (SSSR count). The minimum atomic E-state index is -2.62. The van der Waals surface area contributed by atoms with E-state index in [9.17, 15) is 0 Å². The maximum Gasteiger partial charge on any atom is 1.00 e. The quantitative estimate of drug-likeness (QED) is 0.249. The molecule has 0 amide bonds. The number of hydrogen-bond acceptors (Lipinski definition) is 3. The summed E-state index contributed by atoms with van der Waals surface area (Å²) >= 11 is 0. The molecule has 0 aromatic heterocycles. The Balaban J connectivity index is 0. The third-order valence-corrected chi connectivity index (χ3v) is 0.607. The minimum absolute atomic E-state index is 0. The molecule has 0 aliphatic carbocycles. The van der Waals surface area contributed by atoms with Crippen LogP contribution < -0.4 is 51.4 Å². The predicted molar refractivity (Wildman–Crippen MR) is 38.9 cm³/mol. The van der Waals surface area contributed by atoms with E-state index in [2.05, 4.69) is 6.07 Å². The predicted octanol–water partition coefficient (Wildman–Crippen LogP) is -2.32. The molecule has 5 heteroatoms. The normalized spacial score (nSPS) is 7.64. The second-order valence-electron chi connectivity index (χ2n) is 1.35. The molecule has 3 N–H and O–H groups in total. The Morgan fingerprint density at radius 1 is 0.909 bits per heavy atom. The Morgan fingerprint density at radius 3 is 1.36 bits per heavy atom. The zero-order valence-corrected chi connectivity index (χ0v) is 10.2. The molecule has 0 spiro atoms. The summed E-state index contributed by atoms with van der Waals surface area (Å²) in [5.41, 5.74) is 0. The molecular weight excluding hydrogens is 190 g/mol.